The van der Waals surface area contributed by atoms with Gasteiger partial charge in [0.25, 0.3) is 0 Å². The molecule has 0 radical (unpaired) electrons. The number of nitrogens with zero attached hydrogens (tertiary/aromatic N) is 3. The molecule has 0 aliphatic carbocycles. The minimum absolute atomic E-state index is 0.200. The highest BCUT2D eigenvalue weighted by atomic mass is 16.5. The lowest BCUT2D eigenvalue weighted by Gasteiger charge is -2.07. The van der Waals surface area contributed by atoms with Crippen molar-refractivity contribution >= 4 is 5.95 Å². The summed E-state index contributed by atoms with van der Waals surface area (Å²) in [6.07, 6.45) is 1.69. The van der Waals surface area contributed by atoms with Crippen molar-refractivity contribution in [2.24, 2.45) is 0 Å². The van der Waals surface area contributed by atoms with Crippen LogP contribution in [0.15, 0.2) is 12.7 Å². The number of methoxy groups -OCH3 is 2. The third kappa shape index (κ3) is 4.64. The van der Waals surface area contributed by atoms with E-state index in [1.54, 1.807) is 6.08 Å². The van der Waals surface area contributed by atoms with Crippen LogP contribution >= 0.6 is 0 Å². The minimum Gasteiger partial charge on any atom is -0.467 e. The molecule has 94 valence electrons. The molecule has 0 bridgehead atoms. The first kappa shape index (κ1) is 13.2. The minimum atomic E-state index is 0.200. The monoisotopic (exact) mass is 240 g/mol. The molecule has 0 atom stereocenters. The number of ether oxygens (including phenoxy) is 3. The van der Waals surface area contributed by atoms with Gasteiger partial charge in [-0.2, -0.15) is 9.97 Å². The zero-order valence-corrected chi connectivity index (χ0v) is 9.97. The van der Waals surface area contributed by atoms with E-state index < -0.39 is 0 Å². The summed E-state index contributed by atoms with van der Waals surface area (Å²) in [5.41, 5.74) is 0. The Kier molecular flexibility index (Phi) is 5.73. The first-order valence-electron chi connectivity index (χ1n) is 5.06. The van der Waals surface area contributed by atoms with E-state index >= 15 is 0 Å². The van der Waals surface area contributed by atoms with Crippen LogP contribution in [0.5, 0.6) is 12.0 Å². The molecule has 0 amide bonds. The molecule has 7 nitrogen and oxygen atoms in total. The second kappa shape index (κ2) is 7.39. The largest absolute Gasteiger partial charge is 0.467 e. The highest BCUT2D eigenvalue weighted by Gasteiger charge is 2.05. The van der Waals surface area contributed by atoms with Gasteiger partial charge in [0.1, 0.15) is 0 Å². The average molecular weight is 240 g/mol. The quantitative estimate of drug-likeness (QED) is 0.523. The first-order chi connectivity index (χ1) is 8.30. The van der Waals surface area contributed by atoms with Crippen LogP contribution in [0.3, 0.4) is 0 Å². The molecule has 0 unspecified atom stereocenters. The Morgan fingerprint density at radius 2 is 1.82 bits per heavy atom. The second-order valence-electron chi connectivity index (χ2n) is 2.92. The highest BCUT2D eigenvalue weighted by molar-refractivity contribution is 5.27. The molecule has 0 spiro atoms. The summed E-state index contributed by atoms with van der Waals surface area (Å²) in [6, 6.07) is 0.401. The van der Waals surface area contributed by atoms with Crippen molar-refractivity contribution in [3.05, 3.63) is 12.7 Å². The van der Waals surface area contributed by atoms with Gasteiger partial charge in [0.05, 0.1) is 27.4 Å². The highest BCUT2D eigenvalue weighted by Crippen LogP contribution is 2.11. The van der Waals surface area contributed by atoms with Crippen molar-refractivity contribution in [1.82, 2.24) is 15.0 Å². The average Bonchev–Trinajstić information content (AvgIpc) is 2.38. The molecular formula is C10H16N4O3. The topological polar surface area (TPSA) is 78.4 Å². The van der Waals surface area contributed by atoms with Gasteiger partial charge in [0.2, 0.25) is 5.95 Å². The van der Waals surface area contributed by atoms with Crippen LogP contribution in [0.25, 0.3) is 0 Å². The molecule has 0 aromatic carbocycles. The van der Waals surface area contributed by atoms with Gasteiger partial charge in [-0.25, -0.2) is 0 Å². The number of rotatable bonds is 8. The van der Waals surface area contributed by atoms with Gasteiger partial charge >= 0.3 is 12.0 Å². The molecule has 1 N–H and O–H groups in total. The fraction of sp³-hybridized carbons (Fsp3) is 0.500. The summed E-state index contributed by atoms with van der Waals surface area (Å²) >= 11 is 0. The molecule has 0 saturated heterocycles. The summed E-state index contributed by atoms with van der Waals surface area (Å²) in [7, 11) is 2.96. The third-order valence-electron chi connectivity index (χ3n) is 1.72. The van der Waals surface area contributed by atoms with Crippen LogP contribution in [-0.2, 0) is 4.74 Å². The van der Waals surface area contributed by atoms with E-state index in [4.69, 9.17) is 14.2 Å². The Bertz CT molecular complexity index is 337. The molecule has 0 fully saturated rings. The summed E-state index contributed by atoms with van der Waals surface area (Å²) in [6.45, 7) is 5.17. The summed E-state index contributed by atoms with van der Waals surface area (Å²) in [5, 5.41) is 2.97. The molecular weight excluding hydrogens is 224 g/mol. The number of hydrogen-bond acceptors (Lipinski definition) is 7. The van der Waals surface area contributed by atoms with Crippen LogP contribution in [0.4, 0.5) is 5.95 Å². The summed E-state index contributed by atoms with van der Waals surface area (Å²) in [5.74, 6) is 0.385. The third-order valence-corrected chi connectivity index (χ3v) is 1.72. The number of anilines is 1. The zero-order valence-electron chi connectivity index (χ0n) is 9.97. The van der Waals surface area contributed by atoms with Gasteiger partial charge < -0.3 is 19.5 Å². The Hall–Kier alpha value is -1.89. The van der Waals surface area contributed by atoms with Crippen molar-refractivity contribution in [1.29, 1.82) is 0 Å². The van der Waals surface area contributed by atoms with E-state index in [1.165, 1.54) is 14.2 Å². The lowest BCUT2D eigenvalue weighted by Crippen LogP contribution is -2.12. The normalized spacial score (nSPS) is 9.76. The standard InChI is InChI=1S/C10H16N4O3/c1-4-6-17-7-5-11-8-12-9(15-2)14-10(13-8)16-3/h4H,1,5-7H2,2-3H3,(H,11,12,13,14). The SMILES string of the molecule is C=CCOCCNc1nc(OC)nc(OC)n1. The van der Waals surface area contributed by atoms with Gasteiger partial charge in [-0.1, -0.05) is 6.08 Å². The molecule has 1 rings (SSSR count). The lowest BCUT2D eigenvalue weighted by atomic mass is 10.6. The maximum atomic E-state index is 5.20. The Balaban J connectivity index is 2.48. The number of aromatic nitrogens is 3. The molecule has 7 heteroatoms. The van der Waals surface area contributed by atoms with Crippen molar-refractivity contribution in [2.45, 2.75) is 0 Å². The zero-order chi connectivity index (χ0) is 12.5. The maximum absolute atomic E-state index is 5.20. The van der Waals surface area contributed by atoms with E-state index in [0.717, 1.165) is 0 Å². The molecule has 1 heterocycles. The predicted octanol–water partition coefficient (Wildman–Crippen LogP) is 0.503. The van der Waals surface area contributed by atoms with E-state index in [0.29, 0.717) is 25.7 Å². The van der Waals surface area contributed by atoms with Gasteiger partial charge in [-0.05, 0) is 0 Å². The van der Waals surface area contributed by atoms with E-state index in [-0.39, 0.29) is 12.0 Å². The first-order valence-corrected chi connectivity index (χ1v) is 5.06. The van der Waals surface area contributed by atoms with Crippen LogP contribution in [0, 0.1) is 0 Å². The predicted molar refractivity (Wildman–Crippen MR) is 62.4 cm³/mol. The maximum Gasteiger partial charge on any atom is 0.324 e. The van der Waals surface area contributed by atoms with Gasteiger partial charge in [-0.3, -0.25) is 0 Å². The molecule has 17 heavy (non-hydrogen) atoms. The van der Waals surface area contributed by atoms with Crippen LogP contribution in [-0.4, -0.2) is 48.9 Å². The Morgan fingerprint density at radius 3 is 2.35 bits per heavy atom. The molecule has 0 aliphatic rings. The van der Waals surface area contributed by atoms with Gasteiger partial charge in [0, 0.05) is 6.54 Å². The Morgan fingerprint density at radius 1 is 1.18 bits per heavy atom. The van der Waals surface area contributed by atoms with Crippen LogP contribution < -0.4 is 14.8 Å². The summed E-state index contributed by atoms with van der Waals surface area (Å²) < 4.78 is 15.0. The van der Waals surface area contributed by atoms with Crippen LogP contribution in [0.1, 0.15) is 0 Å². The van der Waals surface area contributed by atoms with Crippen molar-refractivity contribution < 1.29 is 14.2 Å². The lowest BCUT2D eigenvalue weighted by molar-refractivity contribution is 0.173. The molecule has 1 aromatic rings. The van der Waals surface area contributed by atoms with Crippen molar-refractivity contribution in [2.75, 3.05) is 39.3 Å². The second-order valence-corrected chi connectivity index (χ2v) is 2.92. The molecule has 0 saturated carbocycles. The van der Waals surface area contributed by atoms with Crippen LogP contribution in [0.2, 0.25) is 0 Å². The van der Waals surface area contributed by atoms with Gasteiger partial charge in [0.15, 0.2) is 0 Å². The van der Waals surface area contributed by atoms with Crippen molar-refractivity contribution in [3.63, 3.8) is 0 Å². The van der Waals surface area contributed by atoms with E-state index in [2.05, 4.69) is 26.8 Å². The van der Waals surface area contributed by atoms with E-state index in [1.807, 2.05) is 0 Å². The molecule has 0 aliphatic heterocycles. The number of hydrogen-bond donors (Lipinski definition) is 1. The smallest absolute Gasteiger partial charge is 0.324 e. The summed E-state index contributed by atoms with van der Waals surface area (Å²) in [4.78, 5) is 11.9. The number of nitrogens with one attached hydrogen (secondary N) is 1. The van der Waals surface area contributed by atoms with E-state index in [9.17, 15) is 0 Å². The Labute approximate surface area is 99.8 Å². The van der Waals surface area contributed by atoms with Gasteiger partial charge in [-0.15, -0.1) is 11.6 Å². The fourth-order valence-corrected chi connectivity index (χ4v) is 1.00. The molecule has 1 aromatic heterocycles. The van der Waals surface area contributed by atoms with Crippen molar-refractivity contribution in [3.8, 4) is 12.0 Å². The fourth-order valence-electron chi connectivity index (χ4n) is 1.00.